The third-order valence-electron chi connectivity index (χ3n) is 3.64. The first-order chi connectivity index (χ1) is 13.5. The molecule has 0 radical (unpaired) electrons. The van der Waals surface area contributed by atoms with E-state index in [1.807, 2.05) is 6.92 Å². The maximum atomic E-state index is 13.4. The Balaban J connectivity index is 2.07. The lowest BCUT2D eigenvalue weighted by Crippen LogP contribution is -2.16. The maximum absolute atomic E-state index is 13.4. The maximum Gasteiger partial charge on any atom is 0.349 e. The number of benzene rings is 2. The van der Waals surface area contributed by atoms with Gasteiger partial charge in [-0.05, 0) is 48.9 Å². The van der Waals surface area contributed by atoms with Crippen LogP contribution in [-0.2, 0) is 9.53 Å². The third kappa shape index (κ3) is 5.42. The van der Waals surface area contributed by atoms with Crippen LogP contribution in [0.4, 0.5) is 4.39 Å². The van der Waals surface area contributed by atoms with E-state index in [0.29, 0.717) is 17.9 Å². The van der Waals surface area contributed by atoms with Crippen molar-refractivity contribution in [2.75, 3.05) is 20.3 Å². The van der Waals surface area contributed by atoms with Gasteiger partial charge in [0.1, 0.15) is 29.0 Å². The SMILES string of the molecule is CCOc1ccc(/C=C(\C#N)C(=O)OCC(=O)c2cc(F)ccc2OC)cc1. The zero-order valence-corrected chi connectivity index (χ0v) is 15.4. The van der Waals surface area contributed by atoms with E-state index in [4.69, 9.17) is 14.2 Å². The van der Waals surface area contributed by atoms with Gasteiger partial charge in [-0.1, -0.05) is 12.1 Å². The standard InChI is InChI=1S/C21H18FNO5/c1-3-27-17-7-4-14(5-8-17)10-15(12-23)21(25)28-13-19(24)18-11-16(22)6-9-20(18)26-2/h4-11H,3,13H2,1-2H3/b15-10+. The van der Waals surface area contributed by atoms with Crippen LogP contribution in [0.3, 0.4) is 0 Å². The number of ketones is 1. The highest BCUT2D eigenvalue weighted by atomic mass is 19.1. The molecule has 7 heteroatoms. The number of ether oxygens (including phenoxy) is 3. The molecule has 0 aliphatic carbocycles. The van der Waals surface area contributed by atoms with Gasteiger partial charge in [0.05, 0.1) is 19.3 Å². The van der Waals surface area contributed by atoms with Crippen LogP contribution in [-0.4, -0.2) is 32.1 Å². The van der Waals surface area contributed by atoms with E-state index in [9.17, 15) is 19.2 Å². The van der Waals surface area contributed by atoms with Gasteiger partial charge in [-0.2, -0.15) is 5.26 Å². The first-order valence-electron chi connectivity index (χ1n) is 8.37. The minimum atomic E-state index is -0.958. The van der Waals surface area contributed by atoms with Crippen molar-refractivity contribution in [3.8, 4) is 17.6 Å². The second-order valence-corrected chi connectivity index (χ2v) is 5.52. The van der Waals surface area contributed by atoms with Gasteiger partial charge in [0.2, 0.25) is 5.78 Å². The topological polar surface area (TPSA) is 85.6 Å². The third-order valence-corrected chi connectivity index (χ3v) is 3.64. The molecule has 0 aromatic heterocycles. The molecule has 0 unspecified atom stereocenters. The van der Waals surface area contributed by atoms with E-state index in [0.717, 1.165) is 12.1 Å². The molecule has 0 saturated carbocycles. The fourth-order valence-corrected chi connectivity index (χ4v) is 2.32. The number of nitrogens with zero attached hydrogens (tertiary/aromatic N) is 1. The van der Waals surface area contributed by atoms with Crippen LogP contribution in [0.15, 0.2) is 48.0 Å². The fourth-order valence-electron chi connectivity index (χ4n) is 2.32. The summed E-state index contributed by atoms with van der Waals surface area (Å²) < 4.78 is 28.6. The predicted octanol–water partition coefficient (Wildman–Crippen LogP) is 3.57. The van der Waals surface area contributed by atoms with Crippen LogP contribution in [0.25, 0.3) is 6.08 Å². The fraction of sp³-hybridized carbons (Fsp3) is 0.190. The number of carbonyl (C=O) groups excluding carboxylic acids is 2. The minimum Gasteiger partial charge on any atom is -0.496 e. The Morgan fingerprint density at radius 1 is 1.18 bits per heavy atom. The van der Waals surface area contributed by atoms with Crippen LogP contribution in [0.5, 0.6) is 11.5 Å². The summed E-state index contributed by atoms with van der Waals surface area (Å²) in [5, 5.41) is 9.20. The molecule has 2 aromatic carbocycles. The van der Waals surface area contributed by atoms with Gasteiger partial charge in [-0.15, -0.1) is 0 Å². The molecular formula is C21H18FNO5. The lowest BCUT2D eigenvalue weighted by atomic mass is 10.1. The van der Waals surface area contributed by atoms with E-state index in [2.05, 4.69) is 0 Å². The molecule has 0 saturated heterocycles. The average molecular weight is 383 g/mol. The number of halogens is 1. The molecule has 2 rings (SSSR count). The molecule has 0 aliphatic heterocycles. The number of hydrogen-bond acceptors (Lipinski definition) is 6. The van der Waals surface area contributed by atoms with E-state index >= 15 is 0 Å². The highest BCUT2D eigenvalue weighted by molar-refractivity contribution is 6.03. The summed E-state index contributed by atoms with van der Waals surface area (Å²) in [4.78, 5) is 24.3. The van der Waals surface area contributed by atoms with Crippen molar-refractivity contribution in [3.05, 3.63) is 65.0 Å². The molecule has 0 atom stereocenters. The Kier molecular flexibility index (Phi) is 7.28. The summed E-state index contributed by atoms with van der Waals surface area (Å²) in [6.45, 7) is 1.73. The highest BCUT2D eigenvalue weighted by Gasteiger charge is 2.17. The van der Waals surface area contributed by atoms with E-state index < -0.39 is 24.2 Å². The summed E-state index contributed by atoms with van der Waals surface area (Å²) in [6, 6.07) is 12.0. The van der Waals surface area contributed by atoms with Crippen LogP contribution < -0.4 is 9.47 Å². The molecular weight excluding hydrogens is 365 g/mol. The molecule has 28 heavy (non-hydrogen) atoms. The molecule has 6 nitrogen and oxygen atoms in total. The van der Waals surface area contributed by atoms with Crippen molar-refractivity contribution >= 4 is 17.8 Å². The number of nitriles is 1. The van der Waals surface area contributed by atoms with Crippen molar-refractivity contribution in [3.63, 3.8) is 0 Å². The summed E-state index contributed by atoms with van der Waals surface area (Å²) in [5.41, 5.74) is 0.266. The molecule has 0 bridgehead atoms. The largest absolute Gasteiger partial charge is 0.496 e. The van der Waals surface area contributed by atoms with E-state index in [1.54, 1.807) is 30.3 Å². The lowest BCUT2D eigenvalue weighted by molar-refractivity contribution is -0.137. The van der Waals surface area contributed by atoms with Crippen molar-refractivity contribution in [1.82, 2.24) is 0 Å². The van der Waals surface area contributed by atoms with Gasteiger partial charge in [0.15, 0.2) is 6.61 Å². The van der Waals surface area contributed by atoms with Crippen LogP contribution >= 0.6 is 0 Å². The Morgan fingerprint density at radius 3 is 2.50 bits per heavy atom. The molecule has 144 valence electrons. The summed E-state index contributed by atoms with van der Waals surface area (Å²) in [7, 11) is 1.34. The van der Waals surface area contributed by atoms with Crippen molar-refractivity contribution in [2.24, 2.45) is 0 Å². The monoisotopic (exact) mass is 383 g/mol. The van der Waals surface area contributed by atoms with E-state index in [1.165, 1.54) is 19.3 Å². The molecule has 0 amide bonds. The normalized spacial score (nSPS) is 10.7. The summed E-state index contributed by atoms with van der Waals surface area (Å²) in [5.74, 6) is -1.41. The molecule has 0 aliphatic rings. The zero-order valence-electron chi connectivity index (χ0n) is 15.4. The van der Waals surface area contributed by atoms with Crippen molar-refractivity contribution in [2.45, 2.75) is 6.92 Å². The van der Waals surface area contributed by atoms with Gasteiger partial charge in [-0.25, -0.2) is 9.18 Å². The Hall–Kier alpha value is -3.66. The average Bonchev–Trinajstić information content (AvgIpc) is 2.71. The van der Waals surface area contributed by atoms with E-state index in [-0.39, 0.29) is 16.9 Å². The Labute approximate surface area is 161 Å². The summed E-state index contributed by atoms with van der Waals surface area (Å²) >= 11 is 0. The van der Waals surface area contributed by atoms with Crippen molar-refractivity contribution in [1.29, 1.82) is 5.26 Å². The van der Waals surface area contributed by atoms with Crippen LogP contribution in [0.2, 0.25) is 0 Å². The van der Waals surface area contributed by atoms with Crippen LogP contribution in [0, 0.1) is 17.1 Å². The number of carbonyl (C=O) groups is 2. The number of hydrogen-bond donors (Lipinski definition) is 0. The lowest BCUT2D eigenvalue weighted by Gasteiger charge is -2.08. The number of Topliss-reactive ketones (excluding diaryl/α,β-unsaturated/α-hetero) is 1. The summed E-state index contributed by atoms with van der Waals surface area (Å²) in [6.07, 6.45) is 1.34. The minimum absolute atomic E-state index is 0.0516. The Morgan fingerprint density at radius 2 is 1.89 bits per heavy atom. The second-order valence-electron chi connectivity index (χ2n) is 5.52. The van der Waals surface area contributed by atoms with Gasteiger partial charge < -0.3 is 14.2 Å². The second kappa shape index (κ2) is 9.88. The molecule has 0 N–H and O–H groups in total. The Bertz CT molecular complexity index is 929. The quantitative estimate of drug-likeness (QED) is 0.300. The number of esters is 1. The predicted molar refractivity (Wildman–Crippen MR) is 99.4 cm³/mol. The number of rotatable bonds is 8. The van der Waals surface area contributed by atoms with Gasteiger partial charge in [-0.3, -0.25) is 4.79 Å². The molecule has 0 heterocycles. The first-order valence-corrected chi connectivity index (χ1v) is 8.37. The van der Waals surface area contributed by atoms with Gasteiger partial charge >= 0.3 is 5.97 Å². The first kappa shape index (κ1) is 20.6. The molecule has 0 spiro atoms. The highest BCUT2D eigenvalue weighted by Crippen LogP contribution is 2.20. The van der Waals surface area contributed by atoms with Crippen LogP contribution in [0.1, 0.15) is 22.8 Å². The van der Waals surface area contributed by atoms with Gasteiger partial charge in [0.25, 0.3) is 0 Å². The number of methoxy groups -OCH3 is 1. The van der Waals surface area contributed by atoms with Gasteiger partial charge in [0, 0.05) is 0 Å². The van der Waals surface area contributed by atoms with Crippen molar-refractivity contribution < 1.29 is 28.2 Å². The smallest absolute Gasteiger partial charge is 0.349 e. The molecule has 2 aromatic rings. The zero-order chi connectivity index (χ0) is 20.5. The molecule has 0 fully saturated rings.